The number of ether oxygens (including phenoxy) is 2. The Hall–Kier alpha value is -3.61. The zero-order chi connectivity index (χ0) is 18.8. The lowest BCUT2D eigenvalue weighted by molar-refractivity contribution is 0.105. The van der Waals surface area contributed by atoms with Gasteiger partial charge in [0, 0.05) is 22.8 Å². The number of carbonyl (C=O) groups excluding carboxylic acids is 1. The molecule has 1 fully saturated rings. The van der Waals surface area contributed by atoms with Gasteiger partial charge >= 0.3 is 6.09 Å². The van der Waals surface area contributed by atoms with Gasteiger partial charge in [0.25, 0.3) is 0 Å². The summed E-state index contributed by atoms with van der Waals surface area (Å²) in [7, 11) is 0. The van der Waals surface area contributed by atoms with Crippen molar-refractivity contribution in [3.05, 3.63) is 66.4 Å². The molecule has 1 atom stereocenters. The van der Waals surface area contributed by atoms with Crippen molar-refractivity contribution in [3.8, 4) is 5.75 Å². The summed E-state index contributed by atoms with van der Waals surface area (Å²) >= 11 is 0. The molecule has 0 spiro atoms. The topological polar surface area (TPSA) is 102 Å². The number of carbonyl (C=O) groups is 1. The van der Waals surface area contributed by atoms with Gasteiger partial charge in [0.1, 0.15) is 18.2 Å². The number of pyridine rings is 1. The van der Waals surface area contributed by atoms with Crippen LogP contribution in [-0.4, -0.2) is 36.2 Å². The number of rotatable bonds is 5. The highest BCUT2D eigenvalue weighted by molar-refractivity contribution is 5.97. The van der Waals surface area contributed by atoms with E-state index in [4.69, 9.17) is 20.6 Å². The number of hydrogen-bond acceptors (Lipinski definition) is 5. The van der Waals surface area contributed by atoms with Crippen molar-refractivity contribution in [1.82, 2.24) is 4.98 Å². The first-order valence-corrected chi connectivity index (χ1v) is 8.50. The summed E-state index contributed by atoms with van der Waals surface area (Å²) in [6.45, 7) is 0.621. The van der Waals surface area contributed by atoms with Crippen molar-refractivity contribution in [3.63, 3.8) is 0 Å². The number of nitrogens with zero attached hydrogens (tertiary/aromatic N) is 2. The number of aromatic nitrogens is 1. The van der Waals surface area contributed by atoms with Crippen molar-refractivity contribution in [1.29, 1.82) is 5.41 Å². The van der Waals surface area contributed by atoms with Crippen LogP contribution in [0.15, 0.2) is 60.8 Å². The maximum absolute atomic E-state index is 12.2. The SMILES string of the molecule is N=C(N)c1cccc(N2CC(COc3ccc4ncccc4c3)OC2=O)c1. The fourth-order valence-corrected chi connectivity index (χ4v) is 2.99. The summed E-state index contributed by atoms with van der Waals surface area (Å²) in [5.41, 5.74) is 7.62. The van der Waals surface area contributed by atoms with Crippen molar-refractivity contribution >= 4 is 28.5 Å². The van der Waals surface area contributed by atoms with Gasteiger partial charge < -0.3 is 15.2 Å². The van der Waals surface area contributed by atoms with Gasteiger partial charge in [0.15, 0.2) is 6.10 Å². The van der Waals surface area contributed by atoms with E-state index in [1.54, 1.807) is 30.5 Å². The molecule has 0 bridgehead atoms. The normalized spacial score (nSPS) is 16.4. The molecule has 0 saturated carbocycles. The minimum atomic E-state index is -0.438. The van der Waals surface area contributed by atoms with Gasteiger partial charge in [-0.1, -0.05) is 18.2 Å². The van der Waals surface area contributed by atoms with Gasteiger partial charge in [0.05, 0.1) is 12.1 Å². The number of nitrogens with one attached hydrogen (secondary N) is 1. The lowest BCUT2D eigenvalue weighted by atomic mass is 10.1. The second-order valence-corrected chi connectivity index (χ2v) is 6.25. The number of amidine groups is 1. The highest BCUT2D eigenvalue weighted by Crippen LogP contribution is 2.24. The Balaban J connectivity index is 1.43. The molecule has 1 aromatic heterocycles. The Bertz CT molecular complexity index is 1020. The molecule has 3 N–H and O–H groups in total. The minimum Gasteiger partial charge on any atom is -0.490 e. The smallest absolute Gasteiger partial charge is 0.414 e. The highest BCUT2D eigenvalue weighted by atomic mass is 16.6. The molecule has 0 radical (unpaired) electrons. The zero-order valence-corrected chi connectivity index (χ0v) is 14.5. The Labute approximate surface area is 155 Å². The van der Waals surface area contributed by atoms with Gasteiger partial charge in [-0.15, -0.1) is 0 Å². The van der Waals surface area contributed by atoms with E-state index in [9.17, 15) is 4.79 Å². The average molecular weight is 362 g/mol. The molecular weight excluding hydrogens is 344 g/mol. The molecule has 1 aliphatic heterocycles. The van der Waals surface area contributed by atoms with E-state index in [0.29, 0.717) is 23.5 Å². The molecule has 2 heterocycles. The van der Waals surface area contributed by atoms with E-state index in [2.05, 4.69) is 4.98 Å². The molecule has 1 amide bonds. The summed E-state index contributed by atoms with van der Waals surface area (Å²) in [6, 6.07) is 16.5. The zero-order valence-electron chi connectivity index (χ0n) is 14.5. The maximum Gasteiger partial charge on any atom is 0.414 e. The Morgan fingerprint density at radius 2 is 2.15 bits per heavy atom. The van der Waals surface area contributed by atoms with Crippen LogP contribution in [0.4, 0.5) is 10.5 Å². The van der Waals surface area contributed by atoms with E-state index < -0.39 is 6.09 Å². The van der Waals surface area contributed by atoms with Gasteiger partial charge in [0.2, 0.25) is 0 Å². The quantitative estimate of drug-likeness (QED) is 0.537. The Morgan fingerprint density at radius 3 is 3.00 bits per heavy atom. The molecule has 3 aromatic rings. The number of amides is 1. The first-order chi connectivity index (χ1) is 13.1. The highest BCUT2D eigenvalue weighted by Gasteiger charge is 2.33. The van der Waals surface area contributed by atoms with Crippen LogP contribution in [0.25, 0.3) is 10.9 Å². The summed E-state index contributed by atoms with van der Waals surface area (Å²) in [4.78, 5) is 18.0. The fraction of sp³-hybridized carbons (Fsp3) is 0.150. The second-order valence-electron chi connectivity index (χ2n) is 6.25. The van der Waals surface area contributed by atoms with Gasteiger partial charge in [-0.25, -0.2) is 4.79 Å². The number of benzene rings is 2. The lowest BCUT2D eigenvalue weighted by Crippen LogP contribution is -2.27. The number of fused-ring (bicyclic) bond motifs is 1. The summed E-state index contributed by atoms with van der Waals surface area (Å²) in [5, 5.41) is 8.52. The maximum atomic E-state index is 12.2. The van der Waals surface area contributed by atoms with Gasteiger partial charge in [-0.2, -0.15) is 0 Å². The van der Waals surface area contributed by atoms with Gasteiger partial charge in [-0.3, -0.25) is 15.3 Å². The van der Waals surface area contributed by atoms with Gasteiger partial charge in [-0.05, 0) is 36.4 Å². The molecule has 1 unspecified atom stereocenters. The van der Waals surface area contributed by atoms with Crippen molar-refractivity contribution in [2.45, 2.75) is 6.10 Å². The molecule has 27 heavy (non-hydrogen) atoms. The standard InChI is InChI=1S/C20H18N4O3/c21-19(22)14-3-1-5-15(9-14)24-11-17(27-20(24)25)12-26-16-6-7-18-13(10-16)4-2-8-23-18/h1-10,17H,11-12H2,(H3,21,22). The van der Waals surface area contributed by atoms with E-state index in [1.165, 1.54) is 4.90 Å². The van der Waals surface area contributed by atoms with Crippen LogP contribution < -0.4 is 15.4 Å². The largest absolute Gasteiger partial charge is 0.490 e. The number of hydrogen-bond donors (Lipinski definition) is 2. The summed E-state index contributed by atoms with van der Waals surface area (Å²) in [6.07, 6.45) is 0.923. The van der Waals surface area contributed by atoms with E-state index >= 15 is 0 Å². The van der Waals surface area contributed by atoms with Crippen molar-refractivity contribution in [2.24, 2.45) is 5.73 Å². The van der Waals surface area contributed by atoms with Crippen LogP contribution in [0.5, 0.6) is 5.75 Å². The third-order valence-corrected chi connectivity index (χ3v) is 4.35. The minimum absolute atomic E-state index is 0.0462. The molecule has 7 nitrogen and oxygen atoms in total. The number of nitrogen functional groups attached to an aromatic ring is 1. The number of anilines is 1. The monoisotopic (exact) mass is 362 g/mol. The van der Waals surface area contributed by atoms with E-state index in [1.807, 2.05) is 30.3 Å². The first-order valence-electron chi connectivity index (χ1n) is 8.50. The average Bonchev–Trinajstić information content (AvgIpc) is 3.07. The predicted octanol–water partition coefficient (Wildman–Crippen LogP) is 2.92. The Kier molecular flexibility index (Phi) is 4.33. The molecule has 1 saturated heterocycles. The van der Waals surface area contributed by atoms with Crippen LogP contribution in [0.1, 0.15) is 5.56 Å². The molecular formula is C20H18N4O3. The number of nitrogens with two attached hydrogens (primary N) is 1. The molecule has 4 rings (SSSR count). The molecule has 1 aliphatic rings. The number of cyclic esters (lactones) is 1. The van der Waals surface area contributed by atoms with Crippen LogP contribution >= 0.6 is 0 Å². The van der Waals surface area contributed by atoms with Crippen LogP contribution in [-0.2, 0) is 4.74 Å². The van der Waals surface area contributed by atoms with Crippen LogP contribution in [0.3, 0.4) is 0 Å². The molecule has 136 valence electrons. The fourth-order valence-electron chi connectivity index (χ4n) is 2.99. The van der Waals surface area contributed by atoms with Crippen molar-refractivity contribution in [2.75, 3.05) is 18.1 Å². The Morgan fingerprint density at radius 1 is 1.26 bits per heavy atom. The third-order valence-electron chi connectivity index (χ3n) is 4.35. The predicted molar refractivity (Wildman–Crippen MR) is 102 cm³/mol. The lowest BCUT2D eigenvalue weighted by Gasteiger charge is -2.14. The summed E-state index contributed by atoms with van der Waals surface area (Å²) in [5.74, 6) is 0.652. The van der Waals surface area contributed by atoms with E-state index in [0.717, 1.165) is 10.9 Å². The van der Waals surface area contributed by atoms with Crippen LogP contribution in [0, 0.1) is 5.41 Å². The molecule has 7 heteroatoms. The third kappa shape index (κ3) is 3.52. The summed E-state index contributed by atoms with van der Waals surface area (Å²) < 4.78 is 11.2. The molecule has 0 aliphatic carbocycles. The van der Waals surface area contributed by atoms with Crippen molar-refractivity contribution < 1.29 is 14.3 Å². The second kappa shape index (κ2) is 6.95. The van der Waals surface area contributed by atoms with Crippen LogP contribution in [0.2, 0.25) is 0 Å². The first kappa shape index (κ1) is 16.8. The van der Waals surface area contributed by atoms with E-state index in [-0.39, 0.29) is 18.5 Å². The molecule has 2 aromatic carbocycles.